The Balaban J connectivity index is 1.94. The fourth-order valence-electron chi connectivity index (χ4n) is 1.46. The Bertz CT molecular complexity index is 625. The highest BCUT2D eigenvalue weighted by atomic mass is 35.5. The third-order valence-electron chi connectivity index (χ3n) is 2.51. The number of amides is 1. The molecule has 0 bridgehead atoms. The van der Waals surface area contributed by atoms with Crippen LogP contribution in [0.2, 0.25) is 5.02 Å². The van der Waals surface area contributed by atoms with Gasteiger partial charge in [-0.25, -0.2) is 0 Å². The Morgan fingerprint density at radius 1 is 1.60 bits per heavy atom. The Hall–Kier alpha value is -1.73. The summed E-state index contributed by atoms with van der Waals surface area (Å²) in [6, 6.07) is 5.26. The van der Waals surface area contributed by atoms with E-state index in [0.717, 1.165) is 17.3 Å². The average Bonchev–Trinajstić information content (AvgIpc) is 2.71. The van der Waals surface area contributed by atoms with Crippen molar-refractivity contribution in [2.24, 2.45) is 7.05 Å². The lowest BCUT2D eigenvalue weighted by Gasteiger charge is -2.06. The molecule has 0 atom stereocenters. The molecule has 106 valence electrons. The molecule has 2 rings (SSSR count). The number of anilines is 1. The maximum Gasteiger partial charge on any atom is 0.291 e. The summed E-state index contributed by atoms with van der Waals surface area (Å²) >= 11 is 7.04. The second-order valence-electron chi connectivity index (χ2n) is 4.09. The first-order valence-corrected chi connectivity index (χ1v) is 7.05. The van der Waals surface area contributed by atoms with E-state index >= 15 is 0 Å². The zero-order chi connectivity index (χ0) is 14.7. The maximum absolute atomic E-state index is 11.8. The van der Waals surface area contributed by atoms with Crippen molar-refractivity contribution in [3.05, 3.63) is 28.8 Å². The Morgan fingerprint density at radius 2 is 2.35 bits per heavy atom. The van der Waals surface area contributed by atoms with E-state index in [0.29, 0.717) is 10.7 Å². The van der Waals surface area contributed by atoms with Crippen LogP contribution in [0.3, 0.4) is 0 Å². The van der Waals surface area contributed by atoms with Gasteiger partial charge in [0, 0.05) is 10.7 Å². The second-order valence-corrected chi connectivity index (χ2v) is 5.46. The zero-order valence-corrected chi connectivity index (χ0v) is 12.4. The highest BCUT2D eigenvalue weighted by molar-refractivity contribution is 7.99. The molecular formula is C12H12ClN3O3S. The molecule has 1 aromatic carbocycles. The number of hydrogen-bond donors (Lipinski definition) is 1. The van der Waals surface area contributed by atoms with E-state index < -0.39 is 5.95 Å². The minimum atomic E-state index is -0.552. The molecule has 1 aromatic heterocycles. The highest BCUT2D eigenvalue weighted by Gasteiger charge is 2.16. The minimum Gasteiger partial charge on any atom is -0.538 e. The molecule has 0 aliphatic heterocycles. The SMILES string of the molecule is Cc1ccc(NC(=O)CSc2c([O-])on[n+]2C)cc1Cl. The van der Waals surface area contributed by atoms with Gasteiger partial charge in [0.05, 0.1) is 11.0 Å². The Labute approximate surface area is 124 Å². The fourth-order valence-corrected chi connectivity index (χ4v) is 2.36. The monoisotopic (exact) mass is 313 g/mol. The number of hydrogen-bond acceptors (Lipinski definition) is 5. The van der Waals surface area contributed by atoms with Crippen LogP contribution in [0.4, 0.5) is 5.69 Å². The van der Waals surface area contributed by atoms with Crippen LogP contribution in [-0.4, -0.2) is 16.9 Å². The number of benzene rings is 1. The fraction of sp³-hybridized carbons (Fsp3) is 0.250. The first kappa shape index (κ1) is 14.7. The van der Waals surface area contributed by atoms with Gasteiger partial charge in [-0.05, 0) is 36.4 Å². The molecule has 0 fully saturated rings. The minimum absolute atomic E-state index is 0.0792. The largest absolute Gasteiger partial charge is 0.538 e. The van der Waals surface area contributed by atoms with Crippen molar-refractivity contribution < 1.29 is 19.1 Å². The molecular weight excluding hydrogens is 302 g/mol. The van der Waals surface area contributed by atoms with Gasteiger partial charge >= 0.3 is 0 Å². The predicted octanol–water partition coefficient (Wildman–Crippen LogP) is 1.27. The van der Waals surface area contributed by atoms with Crippen molar-refractivity contribution >= 4 is 35.0 Å². The van der Waals surface area contributed by atoms with E-state index in [4.69, 9.17) is 11.6 Å². The van der Waals surface area contributed by atoms with Crippen molar-refractivity contribution in [1.82, 2.24) is 5.27 Å². The first-order valence-electron chi connectivity index (χ1n) is 5.69. The Kier molecular flexibility index (Phi) is 4.51. The summed E-state index contributed by atoms with van der Waals surface area (Å²) in [4.78, 5) is 11.8. The molecule has 1 N–H and O–H groups in total. The van der Waals surface area contributed by atoms with Gasteiger partial charge in [0.25, 0.3) is 5.03 Å². The molecule has 6 nitrogen and oxygen atoms in total. The Morgan fingerprint density at radius 3 is 2.95 bits per heavy atom. The number of halogens is 1. The quantitative estimate of drug-likeness (QED) is 0.679. The second kappa shape index (κ2) is 6.15. The van der Waals surface area contributed by atoms with Crippen LogP contribution in [0, 0.1) is 6.92 Å². The number of rotatable bonds is 4. The summed E-state index contributed by atoms with van der Waals surface area (Å²) in [6.07, 6.45) is 0. The molecule has 0 unspecified atom stereocenters. The van der Waals surface area contributed by atoms with Crippen LogP contribution >= 0.6 is 23.4 Å². The van der Waals surface area contributed by atoms with Gasteiger partial charge in [-0.3, -0.25) is 4.79 Å². The molecule has 8 heteroatoms. The van der Waals surface area contributed by atoms with Crippen LogP contribution in [0.25, 0.3) is 0 Å². The molecule has 0 aliphatic rings. The summed E-state index contributed by atoms with van der Waals surface area (Å²) in [5.41, 5.74) is 1.55. The van der Waals surface area contributed by atoms with E-state index in [1.54, 1.807) is 19.2 Å². The van der Waals surface area contributed by atoms with Gasteiger partial charge in [-0.1, -0.05) is 22.3 Å². The summed E-state index contributed by atoms with van der Waals surface area (Å²) in [6.45, 7) is 1.88. The molecule has 0 saturated carbocycles. The van der Waals surface area contributed by atoms with Crippen molar-refractivity contribution in [2.75, 3.05) is 11.1 Å². The lowest BCUT2D eigenvalue weighted by molar-refractivity contribution is -0.772. The number of carbonyl (C=O) groups is 1. The normalized spacial score (nSPS) is 10.6. The lowest BCUT2D eigenvalue weighted by Crippen LogP contribution is -2.32. The summed E-state index contributed by atoms with van der Waals surface area (Å²) in [7, 11) is 1.57. The summed E-state index contributed by atoms with van der Waals surface area (Å²) < 4.78 is 5.76. The number of aryl methyl sites for hydroxylation is 2. The molecule has 0 radical (unpaired) electrons. The molecule has 1 amide bonds. The number of thioether (sulfide) groups is 1. The first-order chi connectivity index (χ1) is 9.47. The van der Waals surface area contributed by atoms with Gasteiger partial charge in [-0.15, -0.1) is 0 Å². The van der Waals surface area contributed by atoms with Crippen LogP contribution in [0.5, 0.6) is 5.95 Å². The molecule has 20 heavy (non-hydrogen) atoms. The van der Waals surface area contributed by atoms with Crippen LogP contribution < -0.4 is 15.1 Å². The third kappa shape index (κ3) is 3.43. The van der Waals surface area contributed by atoms with Crippen LogP contribution in [0.1, 0.15) is 5.56 Å². The molecule has 0 aliphatic carbocycles. The van der Waals surface area contributed by atoms with E-state index in [1.807, 2.05) is 13.0 Å². The molecule has 0 saturated heterocycles. The topological polar surface area (TPSA) is 82.1 Å². The van der Waals surface area contributed by atoms with E-state index in [1.165, 1.54) is 4.68 Å². The van der Waals surface area contributed by atoms with Gasteiger partial charge in [0.2, 0.25) is 5.91 Å². The van der Waals surface area contributed by atoms with Crippen molar-refractivity contribution in [3.63, 3.8) is 0 Å². The van der Waals surface area contributed by atoms with E-state index in [-0.39, 0.29) is 16.7 Å². The van der Waals surface area contributed by atoms with Crippen molar-refractivity contribution in [2.45, 2.75) is 11.9 Å². The third-order valence-corrected chi connectivity index (χ3v) is 4.03. The number of nitrogens with one attached hydrogen (secondary N) is 1. The van der Waals surface area contributed by atoms with E-state index in [9.17, 15) is 9.90 Å². The van der Waals surface area contributed by atoms with Crippen LogP contribution in [0.15, 0.2) is 27.7 Å². The van der Waals surface area contributed by atoms with Crippen LogP contribution in [-0.2, 0) is 11.8 Å². The summed E-state index contributed by atoms with van der Waals surface area (Å²) in [5.74, 6) is -0.713. The number of nitrogens with zero attached hydrogens (tertiary/aromatic N) is 2. The van der Waals surface area contributed by atoms with E-state index in [2.05, 4.69) is 15.1 Å². The van der Waals surface area contributed by atoms with Gasteiger partial charge in [0.15, 0.2) is 13.0 Å². The molecule has 2 aromatic rings. The molecule has 1 heterocycles. The van der Waals surface area contributed by atoms with Gasteiger partial charge < -0.3 is 14.9 Å². The van der Waals surface area contributed by atoms with Gasteiger partial charge in [-0.2, -0.15) is 0 Å². The predicted molar refractivity (Wildman–Crippen MR) is 72.7 cm³/mol. The van der Waals surface area contributed by atoms with Crippen molar-refractivity contribution in [3.8, 4) is 5.95 Å². The standard InChI is InChI=1S/C12H12ClN3O3S/c1-7-3-4-8(5-9(7)13)14-10(17)6-20-11-12(18)19-15-16(11)2/h3-5H,6H2,1-2H3,(H-,14,15,17,18). The zero-order valence-electron chi connectivity index (χ0n) is 10.8. The van der Waals surface area contributed by atoms with Crippen molar-refractivity contribution in [1.29, 1.82) is 0 Å². The maximum atomic E-state index is 11.8. The lowest BCUT2D eigenvalue weighted by atomic mass is 10.2. The molecule has 0 spiro atoms. The highest BCUT2D eigenvalue weighted by Crippen LogP contribution is 2.22. The smallest absolute Gasteiger partial charge is 0.291 e. The number of carbonyl (C=O) groups excluding carboxylic acids is 1. The number of aromatic nitrogens is 2. The summed E-state index contributed by atoms with van der Waals surface area (Å²) in [5, 5.41) is 18.3. The van der Waals surface area contributed by atoms with Gasteiger partial charge in [0.1, 0.15) is 0 Å². The average molecular weight is 314 g/mol.